The Hall–Kier alpha value is -4.14. The summed E-state index contributed by atoms with van der Waals surface area (Å²) in [5.74, 6) is 0.0825. The molecule has 9 heteroatoms. The minimum absolute atomic E-state index is 0.297. The van der Waals surface area contributed by atoms with Gasteiger partial charge >= 0.3 is 11.9 Å². The lowest BCUT2D eigenvalue weighted by Gasteiger charge is -2.16. The molecule has 0 radical (unpaired) electrons. The zero-order valence-electron chi connectivity index (χ0n) is 18.8. The molecule has 0 saturated heterocycles. The van der Waals surface area contributed by atoms with Crippen molar-refractivity contribution in [2.75, 3.05) is 19.5 Å². The molecule has 172 valence electrons. The van der Waals surface area contributed by atoms with E-state index in [1.807, 2.05) is 36.4 Å². The van der Waals surface area contributed by atoms with Gasteiger partial charge in [-0.25, -0.2) is 9.78 Å². The number of esters is 2. The van der Waals surface area contributed by atoms with Crippen molar-refractivity contribution in [3.8, 4) is 11.5 Å². The van der Waals surface area contributed by atoms with Gasteiger partial charge < -0.3 is 24.8 Å². The fraction of sp³-hybridized carbons (Fsp3) is 0.250. The quantitative estimate of drug-likeness (QED) is 0.396. The zero-order chi connectivity index (χ0) is 24.0. The maximum Gasteiger partial charge on any atom is 0.328 e. The Kier molecular flexibility index (Phi) is 7.45. The number of fused-ring (bicyclic) bond motifs is 1. The standard InChI is InChI=1S/C24H25N3O6/c1-14(28)25-20(24(30)32-4)11-16-5-8-18(9-6-16)26-23-10-7-17-12-21(31-3)22(33-15(2)29)13-19(17)27-23/h5-10,12-13,20H,11H2,1-4H3,(H,25,28)(H,26,27)/t20-/m0/s1. The Bertz CT molecular complexity index is 1180. The largest absolute Gasteiger partial charge is 0.493 e. The highest BCUT2D eigenvalue weighted by Gasteiger charge is 2.20. The Morgan fingerprint density at radius 3 is 2.30 bits per heavy atom. The van der Waals surface area contributed by atoms with Crippen molar-refractivity contribution >= 4 is 40.3 Å². The number of hydrogen-bond acceptors (Lipinski definition) is 8. The van der Waals surface area contributed by atoms with Crippen LogP contribution in [-0.4, -0.2) is 43.1 Å². The second-order valence-corrected chi connectivity index (χ2v) is 7.29. The molecule has 0 unspecified atom stereocenters. The van der Waals surface area contributed by atoms with Gasteiger partial charge in [0, 0.05) is 37.4 Å². The Morgan fingerprint density at radius 2 is 1.70 bits per heavy atom. The van der Waals surface area contributed by atoms with Gasteiger partial charge in [0.1, 0.15) is 11.9 Å². The van der Waals surface area contributed by atoms with Gasteiger partial charge in [-0.05, 0) is 35.9 Å². The first-order chi connectivity index (χ1) is 15.8. The molecule has 3 rings (SSSR count). The van der Waals surface area contributed by atoms with Crippen LogP contribution in [0.4, 0.5) is 11.5 Å². The van der Waals surface area contributed by atoms with Crippen LogP contribution in [0.3, 0.4) is 0 Å². The first kappa shape index (κ1) is 23.5. The van der Waals surface area contributed by atoms with Gasteiger partial charge in [-0.15, -0.1) is 0 Å². The summed E-state index contributed by atoms with van der Waals surface area (Å²) in [5, 5.41) is 6.64. The first-order valence-corrected chi connectivity index (χ1v) is 10.2. The highest BCUT2D eigenvalue weighted by molar-refractivity contribution is 5.86. The van der Waals surface area contributed by atoms with E-state index < -0.39 is 18.0 Å². The van der Waals surface area contributed by atoms with E-state index in [9.17, 15) is 14.4 Å². The van der Waals surface area contributed by atoms with Crippen LogP contribution in [0.2, 0.25) is 0 Å². The molecule has 0 aliphatic heterocycles. The van der Waals surface area contributed by atoms with Gasteiger partial charge in [0.15, 0.2) is 11.5 Å². The third-order valence-electron chi connectivity index (χ3n) is 4.76. The van der Waals surface area contributed by atoms with E-state index >= 15 is 0 Å². The Balaban J connectivity index is 1.77. The number of aromatic nitrogens is 1. The molecule has 0 aliphatic carbocycles. The van der Waals surface area contributed by atoms with Gasteiger partial charge in [0.05, 0.1) is 19.7 Å². The highest BCUT2D eigenvalue weighted by Crippen LogP contribution is 2.32. The number of benzene rings is 2. The molecule has 33 heavy (non-hydrogen) atoms. The van der Waals surface area contributed by atoms with E-state index in [1.165, 1.54) is 28.1 Å². The van der Waals surface area contributed by atoms with Crippen molar-refractivity contribution in [3.05, 3.63) is 54.1 Å². The number of hydrogen-bond donors (Lipinski definition) is 2. The van der Waals surface area contributed by atoms with Gasteiger partial charge in [-0.2, -0.15) is 0 Å². The van der Waals surface area contributed by atoms with Crippen LogP contribution < -0.4 is 20.1 Å². The topological polar surface area (TPSA) is 116 Å². The summed E-state index contributed by atoms with van der Waals surface area (Å²) in [6.07, 6.45) is 0.307. The van der Waals surface area contributed by atoms with Crippen LogP contribution in [0.25, 0.3) is 10.9 Å². The molecule has 0 aliphatic rings. The monoisotopic (exact) mass is 451 g/mol. The molecule has 0 saturated carbocycles. The molecule has 1 amide bonds. The molecule has 2 aromatic carbocycles. The predicted octanol–water partition coefficient (Wildman–Crippen LogP) is 3.13. The van der Waals surface area contributed by atoms with E-state index in [2.05, 4.69) is 15.6 Å². The number of methoxy groups -OCH3 is 2. The van der Waals surface area contributed by atoms with Crippen molar-refractivity contribution in [3.63, 3.8) is 0 Å². The zero-order valence-corrected chi connectivity index (χ0v) is 18.8. The van der Waals surface area contributed by atoms with E-state index in [-0.39, 0.29) is 5.91 Å². The van der Waals surface area contributed by atoms with Gasteiger partial charge in [0.25, 0.3) is 0 Å². The molecule has 3 aromatic rings. The molecule has 2 N–H and O–H groups in total. The fourth-order valence-corrected chi connectivity index (χ4v) is 3.28. The van der Waals surface area contributed by atoms with E-state index in [1.54, 1.807) is 12.1 Å². The number of pyridine rings is 1. The minimum Gasteiger partial charge on any atom is -0.493 e. The number of amides is 1. The lowest BCUT2D eigenvalue weighted by atomic mass is 10.1. The predicted molar refractivity (Wildman–Crippen MR) is 123 cm³/mol. The van der Waals surface area contributed by atoms with Crippen molar-refractivity contribution in [2.45, 2.75) is 26.3 Å². The van der Waals surface area contributed by atoms with Crippen molar-refractivity contribution in [1.29, 1.82) is 0 Å². The number of ether oxygens (including phenoxy) is 3. The van der Waals surface area contributed by atoms with Crippen molar-refractivity contribution in [1.82, 2.24) is 10.3 Å². The smallest absolute Gasteiger partial charge is 0.328 e. The number of carbonyl (C=O) groups is 3. The molecule has 1 aromatic heterocycles. The van der Waals surface area contributed by atoms with Gasteiger partial charge in [-0.1, -0.05) is 12.1 Å². The SMILES string of the molecule is COC(=O)[C@H](Cc1ccc(Nc2ccc3cc(OC)c(OC(C)=O)cc3n2)cc1)NC(C)=O. The molecular formula is C24H25N3O6. The Morgan fingerprint density at radius 1 is 0.970 bits per heavy atom. The lowest BCUT2D eigenvalue weighted by Crippen LogP contribution is -2.41. The third kappa shape index (κ3) is 6.19. The van der Waals surface area contributed by atoms with Crippen LogP contribution in [0.1, 0.15) is 19.4 Å². The van der Waals surface area contributed by atoms with Crippen LogP contribution in [0.5, 0.6) is 11.5 Å². The maximum absolute atomic E-state index is 11.9. The van der Waals surface area contributed by atoms with Crippen molar-refractivity contribution < 1.29 is 28.6 Å². The van der Waals surface area contributed by atoms with Crippen LogP contribution in [0.15, 0.2) is 48.5 Å². The van der Waals surface area contributed by atoms with Crippen LogP contribution in [-0.2, 0) is 25.5 Å². The van der Waals surface area contributed by atoms with E-state index in [0.29, 0.717) is 29.3 Å². The van der Waals surface area contributed by atoms with Gasteiger partial charge in [-0.3, -0.25) is 9.59 Å². The number of nitrogens with zero attached hydrogens (tertiary/aromatic N) is 1. The molecule has 0 spiro atoms. The summed E-state index contributed by atoms with van der Waals surface area (Å²) in [6, 6.07) is 13.8. The molecule has 0 bridgehead atoms. The third-order valence-corrected chi connectivity index (χ3v) is 4.76. The summed E-state index contributed by atoms with van der Waals surface area (Å²) < 4.78 is 15.3. The minimum atomic E-state index is -0.753. The summed E-state index contributed by atoms with van der Waals surface area (Å²) >= 11 is 0. The maximum atomic E-state index is 11.9. The molecule has 1 atom stereocenters. The number of anilines is 2. The van der Waals surface area contributed by atoms with Crippen molar-refractivity contribution in [2.24, 2.45) is 0 Å². The molecule has 0 fully saturated rings. The number of carbonyl (C=O) groups excluding carboxylic acids is 3. The fourth-order valence-electron chi connectivity index (χ4n) is 3.28. The summed E-state index contributed by atoms with van der Waals surface area (Å²) in [6.45, 7) is 2.67. The summed E-state index contributed by atoms with van der Waals surface area (Å²) in [5.41, 5.74) is 2.27. The second kappa shape index (κ2) is 10.4. The normalized spacial score (nSPS) is 11.4. The Labute approximate surface area is 191 Å². The molecular weight excluding hydrogens is 426 g/mol. The average Bonchev–Trinajstić information content (AvgIpc) is 2.78. The van der Waals surface area contributed by atoms with E-state index in [4.69, 9.17) is 14.2 Å². The molecule has 1 heterocycles. The van der Waals surface area contributed by atoms with E-state index in [0.717, 1.165) is 16.6 Å². The summed E-state index contributed by atoms with van der Waals surface area (Å²) in [4.78, 5) is 39.2. The second-order valence-electron chi connectivity index (χ2n) is 7.29. The van der Waals surface area contributed by atoms with Crippen LogP contribution >= 0.6 is 0 Å². The highest BCUT2D eigenvalue weighted by atomic mass is 16.6. The first-order valence-electron chi connectivity index (χ1n) is 10.2. The summed E-state index contributed by atoms with van der Waals surface area (Å²) in [7, 11) is 2.79. The van der Waals surface area contributed by atoms with Gasteiger partial charge in [0.2, 0.25) is 5.91 Å². The average molecular weight is 451 g/mol. The van der Waals surface area contributed by atoms with Crippen LogP contribution in [0, 0.1) is 0 Å². The number of nitrogens with one attached hydrogen (secondary N) is 2. The molecule has 9 nitrogen and oxygen atoms in total. The number of rotatable bonds is 8. The lowest BCUT2D eigenvalue weighted by molar-refractivity contribution is -0.144.